The molecule has 25 heavy (non-hydrogen) atoms. The van der Waals surface area contributed by atoms with Gasteiger partial charge in [0.15, 0.2) is 0 Å². The first-order valence-corrected chi connectivity index (χ1v) is 8.76. The maximum Gasteiger partial charge on any atom is 0.135 e. The van der Waals surface area contributed by atoms with Crippen LogP contribution in [0.5, 0.6) is 0 Å². The molecule has 3 aromatic rings. The van der Waals surface area contributed by atoms with Gasteiger partial charge in [-0.15, -0.1) is 0 Å². The van der Waals surface area contributed by atoms with E-state index in [1.807, 2.05) is 48.3 Å². The predicted octanol–water partition coefficient (Wildman–Crippen LogP) is 2.02. The van der Waals surface area contributed by atoms with Gasteiger partial charge in [-0.05, 0) is 12.1 Å². The summed E-state index contributed by atoms with van der Waals surface area (Å²) in [6, 6.07) is 9.81. The summed E-state index contributed by atoms with van der Waals surface area (Å²) in [5, 5.41) is 15.8. The van der Waals surface area contributed by atoms with Crippen molar-refractivity contribution in [3.63, 3.8) is 0 Å². The molecule has 0 saturated carbocycles. The van der Waals surface area contributed by atoms with Crippen LogP contribution in [-0.2, 0) is 13.6 Å². The minimum absolute atomic E-state index is 0.586. The number of β-amino-alcohol motifs (C(OH)–C–C–N with tert-alkyl or cyclic N) is 1. The topological polar surface area (TPSA) is 57.7 Å². The molecule has 0 radical (unpaired) electrons. The molecule has 1 fully saturated rings. The summed E-state index contributed by atoms with van der Waals surface area (Å²) in [4.78, 5) is 4.73. The van der Waals surface area contributed by atoms with E-state index >= 15 is 0 Å². The molecule has 1 aliphatic rings. The zero-order valence-corrected chi connectivity index (χ0v) is 14.5. The molecule has 132 valence electrons. The molecule has 4 rings (SSSR count). The Morgan fingerprint density at radius 1 is 1.16 bits per heavy atom. The van der Waals surface area contributed by atoms with E-state index in [1.54, 1.807) is 0 Å². The third-order valence-corrected chi connectivity index (χ3v) is 4.83. The quantitative estimate of drug-likeness (QED) is 0.770. The fraction of sp³-hybridized carbons (Fsp3) is 0.421. The van der Waals surface area contributed by atoms with Gasteiger partial charge in [-0.2, -0.15) is 5.10 Å². The normalized spacial score (nSPS) is 18.0. The first-order valence-electron chi connectivity index (χ1n) is 8.76. The van der Waals surface area contributed by atoms with Gasteiger partial charge in [0.25, 0.3) is 0 Å². The Balaban J connectivity index is 1.30. The van der Waals surface area contributed by atoms with Gasteiger partial charge in [0, 0.05) is 63.5 Å². The van der Waals surface area contributed by atoms with Crippen molar-refractivity contribution in [2.45, 2.75) is 12.6 Å². The van der Waals surface area contributed by atoms with Gasteiger partial charge in [0.05, 0.1) is 6.20 Å². The van der Waals surface area contributed by atoms with Gasteiger partial charge >= 0.3 is 0 Å². The van der Waals surface area contributed by atoms with Crippen molar-refractivity contribution in [3.05, 3.63) is 54.0 Å². The number of nitrogens with zero attached hydrogens (tertiary/aromatic N) is 4. The fourth-order valence-electron chi connectivity index (χ4n) is 3.44. The molecule has 0 aliphatic carbocycles. The molecule has 1 aromatic carbocycles. The maximum absolute atomic E-state index is 10.5. The molecule has 6 heteroatoms. The number of aromatic nitrogens is 2. The zero-order valence-electron chi connectivity index (χ0n) is 14.5. The molecule has 2 aromatic heterocycles. The summed E-state index contributed by atoms with van der Waals surface area (Å²) in [6.07, 6.45) is 3.41. The smallest absolute Gasteiger partial charge is 0.135 e. The number of furan rings is 1. The fourth-order valence-corrected chi connectivity index (χ4v) is 3.44. The van der Waals surface area contributed by atoms with Crippen LogP contribution in [0.1, 0.15) is 17.4 Å². The van der Waals surface area contributed by atoms with Crippen LogP contribution in [0.4, 0.5) is 0 Å². The second-order valence-corrected chi connectivity index (χ2v) is 6.80. The summed E-state index contributed by atoms with van der Waals surface area (Å²) in [7, 11) is 1.95. The Bertz CT molecular complexity index is 800. The van der Waals surface area contributed by atoms with Crippen LogP contribution in [0.3, 0.4) is 0 Å². The Hall–Kier alpha value is -2.15. The standard InChI is InChI=1S/C19H24N4O2/c1-21-12-15(11-20-21)13-22-6-8-23(9-7-22)14-17(24)19-10-16-4-2-3-5-18(16)25-19/h2-5,10-12,17,24H,6-9,13-14H2,1H3/t17-/m1/s1. The van der Waals surface area contributed by atoms with Crippen molar-refractivity contribution in [3.8, 4) is 0 Å². The van der Waals surface area contributed by atoms with Crippen molar-refractivity contribution < 1.29 is 9.52 Å². The largest absolute Gasteiger partial charge is 0.458 e. The van der Waals surface area contributed by atoms with Crippen LogP contribution >= 0.6 is 0 Å². The number of aliphatic hydroxyl groups is 1. The lowest BCUT2D eigenvalue weighted by Gasteiger charge is -2.35. The van der Waals surface area contributed by atoms with E-state index < -0.39 is 6.10 Å². The molecule has 1 saturated heterocycles. The average Bonchev–Trinajstić information content (AvgIpc) is 3.22. The molecule has 0 bridgehead atoms. The summed E-state index contributed by atoms with van der Waals surface area (Å²) in [5.41, 5.74) is 2.08. The van der Waals surface area contributed by atoms with E-state index in [9.17, 15) is 5.11 Å². The number of hydrogen-bond donors (Lipinski definition) is 1. The summed E-state index contributed by atoms with van der Waals surface area (Å²) in [6.45, 7) is 5.47. The van der Waals surface area contributed by atoms with Crippen molar-refractivity contribution in [1.29, 1.82) is 0 Å². The molecule has 1 atom stereocenters. The van der Waals surface area contributed by atoms with Crippen molar-refractivity contribution in [2.75, 3.05) is 32.7 Å². The minimum atomic E-state index is -0.586. The SMILES string of the molecule is Cn1cc(CN2CCN(C[C@@H](O)c3cc4ccccc4o3)CC2)cn1. The van der Waals surface area contributed by atoms with Crippen molar-refractivity contribution >= 4 is 11.0 Å². The number of fused-ring (bicyclic) bond motifs is 1. The number of aliphatic hydroxyl groups excluding tert-OH is 1. The molecule has 1 N–H and O–H groups in total. The summed E-state index contributed by atoms with van der Waals surface area (Å²) < 4.78 is 7.62. The van der Waals surface area contributed by atoms with Crippen LogP contribution in [0.25, 0.3) is 11.0 Å². The van der Waals surface area contributed by atoms with Crippen LogP contribution in [0.2, 0.25) is 0 Å². The predicted molar refractivity (Wildman–Crippen MR) is 96.1 cm³/mol. The van der Waals surface area contributed by atoms with Crippen LogP contribution < -0.4 is 0 Å². The number of para-hydroxylation sites is 1. The van der Waals surface area contributed by atoms with Gasteiger partial charge in [-0.25, -0.2) is 0 Å². The third kappa shape index (κ3) is 3.76. The highest BCUT2D eigenvalue weighted by atomic mass is 16.4. The molecule has 3 heterocycles. The first-order chi connectivity index (χ1) is 12.2. The maximum atomic E-state index is 10.5. The highest BCUT2D eigenvalue weighted by molar-refractivity contribution is 5.77. The van der Waals surface area contributed by atoms with Gasteiger partial charge < -0.3 is 9.52 Å². The average molecular weight is 340 g/mol. The van der Waals surface area contributed by atoms with Gasteiger partial charge in [0.2, 0.25) is 0 Å². The molecule has 1 aliphatic heterocycles. The van der Waals surface area contributed by atoms with Crippen LogP contribution in [-0.4, -0.2) is 57.4 Å². The lowest BCUT2D eigenvalue weighted by molar-refractivity contribution is 0.0606. The summed E-state index contributed by atoms with van der Waals surface area (Å²) in [5.74, 6) is 0.652. The molecule has 0 amide bonds. The van der Waals surface area contributed by atoms with Crippen LogP contribution in [0, 0.1) is 0 Å². The molecular weight excluding hydrogens is 316 g/mol. The van der Waals surface area contributed by atoms with Gasteiger partial charge in [0.1, 0.15) is 17.4 Å². The van der Waals surface area contributed by atoms with Crippen molar-refractivity contribution in [2.24, 2.45) is 7.05 Å². The van der Waals surface area contributed by atoms with E-state index in [2.05, 4.69) is 21.1 Å². The second kappa shape index (κ2) is 7.00. The highest BCUT2D eigenvalue weighted by Crippen LogP contribution is 2.24. The Morgan fingerprint density at radius 3 is 2.64 bits per heavy atom. The molecule has 0 unspecified atom stereocenters. The van der Waals surface area contributed by atoms with E-state index in [1.165, 1.54) is 5.56 Å². The Labute approximate surface area is 147 Å². The lowest BCUT2D eigenvalue weighted by Crippen LogP contribution is -2.47. The Morgan fingerprint density at radius 2 is 1.92 bits per heavy atom. The molecule has 0 spiro atoms. The van der Waals surface area contributed by atoms with Crippen LogP contribution in [0.15, 0.2) is 47.1 Å². The number of hydrogen-bond acceptors (Lipinski definition) is 5. The second-order valence-electron chi connectivity index (χ2n) is 6.80. The monoisotopic (exact) mass is 340 g/mol. The number of benzene rings is 1. The van der Waals surface area contributed by atoms with Gasteiger partial charge in [-0.1, -0.05) is 18.2 Å². The third-order valence-electron chi connectivity index (χ3n) is 4.83. The number of piperazine rings is 1. The number of aryl methyl sites for hydroxylation is 1. The Kier molecular flexibility index (Phi) is 4.57. The van der Waals surface area contributed by atoms with Crippen molar-refractivity contribution in [1.82, 2.24) is 19.6 Å². The van der Waals surface area contributed by atoms with Gasteiger partial charge in [-0.3, -0.25) is 14.5 Å². The van der Waals surface area contributed by atoms with E-state index in [4.69, 9.17) is 4.42 Å². The highest BCUT2D eigenvalue weighted by Gasteiger charge is 2.22. The van der Waals surface area contributed by atoms with E-state index in [-0.39, 0.29) is 0 Å². The number of rotatable bonds is 5. The van der Waals surface area contributed by atoms with E-state index in [0.717, 1.165) is 43.7 Å². The lowest BCUT2D eigenvalue weighted by atomic mass is 10.2. The molecule has 6 nitrogen and oxygen atoms in total. The minimum Gasteiger partial charge on any atom is -0.458 e. The summed E-state index contributed by atoms with van der Waals surface area (Å²) >= 11 is 0. The molecular formula is C19H24N4O2. The van der Waals surface area contributed by atoms with E-state index in [0.29, 0.717) is 12.3 Å². The zero-order chi connectivity index (χ0) is 17.2. The first kappa shape index (κ1) is 16.3.